The average Bonchev–Trinajstić information content (AvgIpc) is 3.03. The van der Waals surface area contributed by atoms with E-state index in [1.165, 1.54) is 27.3 Å². The molecule has 4 rings (SSSR count). The summed E-state index contributed by atoms with van der Waals surface area (Å²) in [6, 6.07) is 17.9. The summed E-state index contributed by atoms with van der Waals surface area (Å²) >= 11 is 6.16. The van der Waals surface area contributed by atoms with Crippen molar-refractivity contribution in [3.05, 3.63) is 87.8 Å². The van der Waals surface area contributed by atoms with Crippen LogP contribution in [0.4, 0.5) is 11.4 Å². The summed E-state index contributed by atoms with van der Waals surface area (Å²) in [6.45, 7) is 1.28. The molecule has 0 spiro atoms. The van der Waals surface area contributed by atoms with Gasteiger partial charge in [-0.3, -0.25) is 18.2 Å². The topological polar surface area (TPSA) is 93.4 Å². The molecule has 10 heteroatoms. The molecule has 0 aliphatic rings. The molecular formula is C24H23ClN4O4S. The van der Waals surface area contributed by atoms with E-state index in [1.807, 2.05) is 0 Å². The number of halogens is 1. The number of nitrogens with zero attached hydrogens (tertiary/aromatic N) is 3. The Morgan fingerprint density at radius 3 is 2.35 bits per heavy atom. The van der Waals surface area contributed by atoms with E-state index >= 15 is 0 Å². The van der Waals surface area contributed by atoms with Crippen LogP contribution in [0, 0.1) is 6.92 Å². The van der Waals surface area contributed by atoms with Crippen LogP contribution in [-0.2, 0) is 28.9 Å². The number of carbonyl (C=O) groups excluding carboxylic acids is 1. The summed E-state index contributed by atoms with van der Waals surface area (Å²) in [7, 11) is -0.745. The molecule has 0 unspecified atom stereocenters. The van der Waals surface area contributed by atoms with Crippen molar-refractivity contribution in [2.45, 2.75) is 11.8 Å². The summed E-state index contributed by atoms with van der Waals surface area (Å²) in [5.41, 5.74) is 2.58. The number of hydrogen-bond acceptors (Lipinski definition) is 4. The first kappa shape index (κ1) is 23.6. The lowest BCUT2D eigenvalue weighted by Crippen LogP contribution is -2.38. The maximum atomic E-state index is 13.5. The van der Waals surface area contributed by atoms with Crippen molar-refractivity contribution in [2.75, 3.05) is 16.2 Å². The number of aryl methyl sites for hydroxylation is 3. The molecule has 176 valence electrons. The smallest absolute Gasteiger partial charge is 0.324 e. The van der Waals surface area contributed by atoms with Gasteiger partial charge in [-0.05, 0) is 55.0 Å². The first-order chi connectivity index (χ1) is 16.1. The molecule has 1 N–H and O–H groups in total. The lowest BCUT2D eigenvalue weighted by atomic mass is 10.2. The van der Waals surface area contributed by atoms with Crippen molar-refractivity contribution in [1.29, 1.82) is 0 Å². The third-order valence-electron chi connectivity index (χ3n) is 5.61. The van der Waals surface area contributed by atoms with Crippen LogP contribution in [0.1, 0.15) is 5.56 Å². The summed E-state index contributed by atoms with van der Waals surface area (Å²) < 4.78 is 31.1. The first-order valence-corrected chi connectivity index (χ1v) is 12.2. The van der Waals surface area contributed by atoms with Crippen LogP contribution in [-0.4, -0.2) is 30.0 Å². The third kappa shape index (κ3) is 4.32. The highest BCUT2D eigenvalue weighted by molar-refractivity contribution is 7.92. The van der Waals surface area contributed by atoms with Crippen LogP contribution in [0.3, 0.4) is 0 Å². The van der Waals surface area contributed by atoms with E-state index in [0.29, 0.717) is 33.0 Å². The number of hydrogen-bond donors (Lipinski definition) is 1. The first-order valence-electron chi connectivity index (χ1n) is 10.4. The molecule has 1 amide bonds. The zero-order chi connectivity index (χ0) is 24.6. The van der Waals surface area contributed by atoms with E-state index in [9.17, 15) is 18.0 Å². The Morgan fingerprint density at radius 1 is 0.971 bits per heavy atom. The Kier molecular flexibility index (Phi) is 6.24. The minimum absolute atomic E-state index is 0.0582. The van der Waals surface area contributed by atoms with Crippen molar-refractivity contribution < 1.29 is 13.2 Å². The Morgan fingerprint density at radius 2 is 1.65 bits per heavy atom. The van der Waals surface area contributed by atoms with E-state index in [1.54, 1.807) is 69.6 Å². The summed E-state index contributed by atoms with van der Waals surface area (Å²) in [6.07, 6.45) is 0. The van der Waals surface area contributed by atoms with E-state index in [4.69, 9.17) is 11.6 Å². The molecule has 0 bridgehead atoms. The lowest BCUT2D eigenvalue weighted by Gasteiger charge is -2.26. The molecule has 0 radical (unpaired) electrons. The SMILES string of the molecule is Cc1ccc(Cl)cc1N(CC(=O)Nc1ccc2c(c1)n(C)c(=O)n2C)S(=O)(=O)c1ccccc1. The van der Waals surface area contributed by atoms with Crippen molar-refractivity contribution in [3.8, 4) is 0 Å². The van der Waals surface area contributed by atoms with Crippen LogP contribution in [0.25, 0.3) is 11.0 Å². The molecule has 0 atom stereocenters. The van der Waals surface area contributed by atoms with Crippen LogP contribution in [0.5, 0.6) is 0 Å². The third-order valence-corrected chi connectivity index (χ3v) is 7.62. The Hall–Kier alpha value is -3.56. The monoisotopic (exact) mass is 498 g/mol. The highest BCUT2D eigenvalue weighted by Gasteiger charge is 2.28. The standard InChI is InChI=1S/C24H23ClN4O4S/c1-16-9-10-17(25)13-21(16)29(34(32,33)19-7-5-4-6-8-19)15-23(30)26-18-11-12-20-22(14-18)28(3)24(31)27(20)2/h4-14H,15H2,1-3H3,(H,26,30). The van der Waals surface area contributed by atoms with Gasteiger partial charge in [-0.1, -0.05) is 35.9 Å². The van der Waals surface area contributed by atoms with Gasteiger partial charge in [0.2, 0.25) is 5.91 Å². The van der Waals surface area contributed by atoms with Gasteiger partial charge in [0, 0.05) is 24.8 Å². The van der Waals surface area contributed by atoms with Crippen LogP contribution >= 0.6 is 11.6 Å². The van der Waals surface area contributed by atoms with E-state index < -0.39 is 22.5 Å². The quantitative estimate of drug-likeness (QED) is 0.439. The second kappa shape index (κ2) is 9.00. The fourth-order valence-electron chi connectivity index (χ4n) is 3.79. The molecular weight excluding hydrogens is 476 g/mol. The number of fused-ring (bicyclic) bond motifs is 1. The van der Waals surface area contributed by atoms with Crippen molar-refractivity contribution in [3.63, 3.8) is 0 Å². The van der Waals surface area contributed by atoms with Gasteiger partial charge in [0.1, 0.15) is 6.54 Å². The van der Waals surface area contributed by atoms with E-state index in [2.05, 4.69) is 5.32 Å². The molecule has 3 aromatic carbocycles. The zero-order valence-electron chi connectivity index (χ0n) is 18.8. The number of nitrogens with one attached hydrogen (secondary N) is 1. The Bertz CT molecular complexity index is 1560. The maximum absolute atomic E-state index is 13.5. The second-order valence-corrected chi connectivity index (χ2v) is 10.2. The average molecular weight is 499 g/mol. The number of anilines is 2. The van der Waals surface area contributed by atoms with Crippen molar-refractivity contribution >= 4 is 49.9 Å². The molecule has 4 aromatic rings. The fraction of sp³-hybridized carbons (Fsp3) is 0.167. The molecule has 34 heavy (non-hydrogen) atoms. The number of rotatable bonds is 6. The van der Waals surface area contributed by atoms with E-state index in [-0.39, 0.29) is 10.6 Å². The summed E-state index contributed by atoms with van der Waals surface area (Å²) in [4.78, 5) is 25.3. The zero-order valence-corrected chi connectivity index (χ0v) is 20.4. The maximum Gasteiger partial charge on any atom is 0.328 e. The predicted molar refractivity (Wildman–Crippen MR) is 134 cm³/mol. The van der Waals surface area contributed by atoms with Gasteiger partial charge in [-0.2, -0.15) is 0 Å². The molecule has 0 aliphatic heterocycles. The van der Waals surface area contributed by atoms with Crippen molar-refractivity contribution in [1.82, 2.24) is 9.13 Å². The molecule has 0 saturated heterocycles. The molecule has 1 aromatic heterocycles. The van der Waals surface area contributed by atoms with Crippen LogP contribution < -0.4 is 15.3 Å². The number of aromatic nitrogens is 2. The minimum atomic E-state index is -4.06. The molecule has 1 heterocycles. The van der Waals surface area contributed by atoms with Gasteiger partial charge in [-0.15, -0.1) is 0 Å². The highest BCUT2D eigenvalue weighted by Crippen LogP contribution is 2.29. The second-order valence-electron chi connectivity index (χ2n) is 7.91. The molecule has 0 fully saturated rings. The van der Waals surface area contributed by atoms with Gasteiger partial charge >= 0.3 is 5.69 Å². The van der Waals surface area contributed by atoms with Crippen LogP contribution in [0.2, 0.25) is 5.02 Å². The van der Waals surface area contributed by atoms with Gasteiger partial charge < -0.3 is 5.32 Å². The number of imidazole rings is 1. The van der Waals surface area contributed by atoms with Crippen LogP contribution in [0.15, 0.2) is 76.4 Å². The molecule has 0 aliphatic carbocycles. The number of amides is 1. The Balaban J connectivity index is 1.70. The fourth-order valence-corrected chi connectivity index (χ4v) is 5.45. The number of carbonyl (C=O) groups is 1. The van der Waals surface area contributed by atoms with E-state index in [0.717, 1.165) is 4.31 Å². The highest BCUT2D eigenvalue weighted by atomic mass is 35.5. The minimum Gasteiger partial charge on any atom is -0.324 e. The van der Waals surface area contributed by atoms with Gasteiger partial charge in [0.15, 0.2) is 0 Å². The molecule has 8 nitrogen and oxygen atoms in total. The molecule has 0 saturated carbocycles. The number of benzene rings is 3. The number of sulfonamides is 1. The normalized spacial score (nSPS) is 11.5. The summed E-state index contributed by atoms with van der Waals surface area (Å²) in [5, 5.41) is 3.10. The van der Waals surface area contributed by atoms with Gasteiger partial charge in [-0.25, -0.2) is 13.2 Å². The lowest BCUT2D eigenvalue weighted by molar-refractivity contribution is -0.114. The largest absolute Gasteiger partial charge is 0.328 e. The predicted octanol–water partition coefficient (Wildman–Crippen LogP) is 3.67. The van der Waals surface area contributed by atoms with Gasteiger partial charge in [0.25, 0.3) is 10.0 Å². The Labute approximate surface area is 202 Å². The summed E-state index contributed by atoms with van der Waals surface area (Å²) in [5.74, 6) is -0.542. The van der Waals surface area contributed by atoms with Crippen molar-refractivity contribution in [2.24, 2.45) is 14.1 Å². The van der Waals surface area contributed by atoms with Gasteiger partial charge in [0.05, 0.1) is 21.6 Å².